The van der Waals surface area contributed by atoms with Crippen molar-refractivity contribution in [1.82, 2.24) is 10.2 Å². The Labute approximate surface area is 194 Å². The maximum Gasteiger partial charge on any atom is 0.338 e. The largest absolute Gasteiger partial charge is 0.493 e. The molecule has 1 aliphatic heterocycles. The van der Waals surface area contributed by atoms with E-state index in [1.807, 2.05) is 32.0 Å². The van der Waals surface area contributed by atoms with Gasteiger partial charge in [-0.05, 0) is 50.1 Å². The molecule has 8 nitrogen and oxygen atoms in total. The van der Waals surface area contributed by atoms with Gasteiger partial charge in [-0.2, -0.15) is 0 Å². The van der Waals surface area contributed by atoms with Crippen LogP contribution in [-0.4, -0.2) is 51.4 Å². The van der Waals surface area contributed by atoms with E-state index in [0.29, 0.717) is 28.5 Å². The molecule has 2 amide bonds. The van der Waals surface area contributed by atoms with Crippen molar-refractivity contribution in [2.24, 2.45) is 0 Å². The molecule has 2 aromatic carbocycles. The van der Waals surface area contributed by atoms with E-state index in [1.54, 1.807) is 32.2 Å². The van der Waals surface area contributed by atoms with Gasteiger partial charge in [-0.3, -0.25) is 4.90 Å². The quantitative estimate of drug-likeness (QED) is 0.609. The highest BCUT2D eigenvalue weighted by Crippen LogP contribution is 2.40. The van der Waals surface area contributed by atoms with Crippen LogP contribution in [0.5, 0.6) is 17.2 Å². The first-order chi connectivity index (χ1) is 15.8. The van der Waals surface area contributed by atoms with Crippen LogP contribution in [0.4, 0.5) is 4.79 Å². The zero-order chi connectivity index (χ0) is 24.1. The average molecular weight is 455 g/mol. The number of rotatable bonds is 8. The number of carbonyl (C=O) groups excluding carboxylic acids is 2. The van der Waals surface area contributed by atoms with Gasteiger partial charge in [0.2, 0.25) is 0 Å². The van der Waals surface area contributed by atoms with Crippen LogP contribution in [0.2, 0.25) is 0 Å². The zero-order valence-electron chi connectivity index (χ0n) is 19.9. The molecule has 1 aliphatic rings. The Hall–Kier alpha value is -3.68. The second-order valence-corrected chi connectivity index (χ2v) is 7.64. The van der Waals surface area contributed by atoms with E-state index in [0.717, 1.165) is 11.1 Å². The minimum atomic E-state index is -0.809. The molecule has 2 aromatic rings. The molecule has 0 aliphatic carbocycles. The first-order valence-corrected chi connectivity index (χ1v) is 10.7. The van der Waals surface area contributed by atoms with Gasteiger partial charge in [0, 0.05) is 12.6 Å². The zero-order valence-corrected chi connectivity index (χ0v) is 19.9. The minimum Gasteiger partial charge on any atom is -0.493 e. The van der Waals surface area contributed by atoms with E-state index in [4.69, 9.17) is 18.9 Å². The molecule has 176 valence electrons. The number of hydrogen-bond donors (Lipinski definition) is 1. The first kappa shape index (κ1) is 24.0. The minimum absolute atomic E-state index is 0.00333. The Morgan fingerprint density at radius 1 is 1.09 bits per heavy atom. The number of nitrogens with zero attached hydrogens (tertiary/aromatic N) is 1. The summed E-state index contributed by atoms with van der Waals surface area (Å²) in [4.78, 5) is 27.4. The lowest BCUT2D eigenvalue weighted by Crippen LogP contribution is -2.48. The Balaban J connectivity index is 2.11. The molecular formula is C25H30N2O6. The number of amides is 2. The maximum absolute atomic E-state index is 13.1. The van der Waals surface area contributed by atoms with E-state index >= 15 is 0 Å². The summed E-state index contributed by atoms with van der Waals surface area (Å²) < 4.78 is 22.3. The number of hydrogen-bond acceptors (Lipinski definition) is 6. The van der Waals surface area contributed by atoms with Gasteiger partial charge in [-0.25, -0.2) is 9.59 Å². The molecule has 1 N–H and O–H groups in total. The van der Waals surface area contributed by atoms with Crippen molar-refractivity contribution < 1.29 is 28.5 Å². The topological polar surface area (TPSA) is 86.3 Å². The van der Waals surface area contributed by atoms with Gasteiger partial charge < -0.3 is 24.3 Å². The number of urea groups is 1. The number of methoxy groups -OCH3 is 2. The van der Waals surface area contributed by atoms with Crippen LogP contribution in [-0.2, 0) is 9.53 Å². The molecule has 0 fully saturated rings. The summed E-state index contributed by atoms with van der Waals surface area (Å²) in [7, 11) is 4.63. The average Bonchev–Trinajstić information content (AvgIpc) is 2.81. The summed E-state index contributed by atoms with van der Waals surface area (Å²) in [5.74, 6) is 1.01. The maximum atomic E-state index is 13.1. The fraction of sp³-hybridized carbons (Fsp3) is 0.360. The number of aryl methyl sites for hydroxylation is 2. The molecule has 0 radical (unpaired) electrons. The van der Waals surface area contributed by atoms with Crippen LogP contribution in [0.15, 0.2) is 47.7 Å². The van der Waals surface area contributed by atoms with Crippen molar-refractivity contribution >= 4 is 12.0 Å². The van der Waals surface area contributed by atoms with Crippen molar-refractivity contribution in [3.05, 3.63) is 64.4 Å². The standard InChI is InChI=1S/C25H30N2O6/c1-7-32-24(28)21-19(14-33-17-12-11-15(2)16(3)13-17)27(4)25(29)26-22(21)18-9-8-10-20(30-5)23(18)31-6/h8-13,22H,7,14H2,1-6H3,(H,26,29)/t22-/m0/s1. The van der Waals surface area contributed by atoms with Crippen molar-refractivity contribution in [3.63, 3.8) is 0 Å². The predicted molar refractivity (Wildman–Crippen MR) is 124 cm³/mol. The van der Waals surface area contributed by atoms with Gasteiger partial charge in [-0.15, -0.1) is 0 Å². The third kappa shape index (κ3) is 4.89. The highest BCUT2D eigenvalue weighted by atomic mass is 16.5. The third-order valence-corrected chi connectivity index (χ3v) is 5.67. The SMILES string of the molecule is CCOC(=O)C1=C(COc2ccc(C)c(C)c2)N(C)C(=O)N[C@H]1c1cccc(OC)c1OC. The molecule has 3 rings (SSSR count). The summed E-state index contributed by atoms with van der Waals surface area (Å²) in [5, 5.41) is 2.88. The van der Waals surface area contributed by atoms with Gasteiger partial charge in [0.05, 0.1) is 38.1 Å². The Morgan fingerprint density at radius 3 is 2.48 bits per heavy atom. The Kier molecular flexibility index (Phi) is 7.48. The smallest absolute Gasteiger partial charge is 0.338 e. The number of benzene rings is 2. The summed E-state index contributed by atoms with van der Waals surface area (Å²) in [6.45, 7) is 5.94. The highest BCUT2D eigenvalue weighted by molar-refractivity contribution is 5.95. The van der Waals surface area contributed by atoms with Crippen molar-refractivity contribution in [3.8, 4) is 17.2 Å². The van der Waals surface area contributed by atoms with Crippen LogP contribution in [0.25, 0.3) is 0 Å². The summed E-state index contributed by atoms with van der Waals surface area (Å²) >= 11 is 0. The molecule has 1 heterocycles. The molecule has 0 saturated carbocycles. The fourth-order valence-electron chi connectivity index (χ4n) is 3.71. The number of carbonyl (C=O) groups is 2. The second-order valence-electron chi connectivity index (χ2n) is 7.64. The Bertz CT molecular complexity index is 1080. The van der Waals surface area contributed by atoms with Gasteiger partial charge in [0.25, 0.3) is 0 Å². The lowest BCUT2D eigenvalue weighted by molar-refractivity contribution is -0.139. The summed E-state index contributed by atoms with van der Waals surface area (Å²) in [5.41, 5.74) is 3.48. The normalized spacial score (nSPS) is 15.8. The lowest BCUT2D eigenvalue weighted by atomic mass is 9.93. The Morgan fingerprint density at radius 2 is 1.85 bits per heavy atom. The van der Waals surface area contributed by atoms with Gasteiger partial charge in [0.1, 0.15) is 12.4 Å². The molecule has 0 unspecified atom stereocenters. The third-order valence-electron chi connectivity index (χ3n) is 5.67. The molecule has 0 bridgehead atoms. The van der Waals surface area contributed by atoms with Crippen molar-refractivity contribution in [2.75, 3.05) is 34.5 Å². The van der Waals surface area contributed by atoms with Crippen LogP contribution in [0.3, 0.4) is 0 Å². The molecule has 0 saturated heterocycles. The van der Waals surface area contributed by atoms with E-state index in [9.17, 15) is 9.59 Å². The fourth-order valence-corrected chi connectivity index (χ4v) is 3.71. The molecule has 33 heavy (non-hydrogen) atoms. The first-order valence-electron chi connectivity index (χ1n) is 10.7. The van der Waals surface area contributed by atoms with Gasteiger partial charge in [-0.1, -0.05) is 18.2 Å². The van der Waals surface area contributed by atoms with Crippen LogP contribution in [0.1, 0.15) is 29.7 Å². The monoisotopic (exact) mass is 454 g/mol. The van der Waals surface area contributed by atoms with Crippen molar-refractivity contribution in [2.45, 2.75) is 26.8 Å². The van der Waals surface area contributed by atoms with E-state index in [1.165, 1.54) is 19.1 Å². The molecule has 0 aromatic heterocycles. The molecular weight excluding hydrogens is 424 g/mol. The van der Waals surface area contributed by atoms with Crippen molar-refractivity contribution in [1.29, 1.82) is 0 Å². The van der Waals surface area contributed by atoms with Crippen LogP contribution >= 0.6 is 0 Å². The number of ether oxygens (including phenoxy) is 4. The second kappa shape index (κ2) is 10.3. The summed E-state index contributed by atoms with van der Waals surface area (Å²) in [6.07, 6.45) is 0. The summed E-state index contributed by atoms with van der Waals surface area (Å²) in [6, 6.07) is 9.86. The van der Waals surface area contributed by atoms with Gasteiger partial charge >= 0.3 is 12.0 Å². The van der Waals surface area contributed by atoms with E-state index in [2.05, 4.69) is 5.32 Å². The van der Waals surface area contributed by atoms with E-state index < -0.39 is 12.0 Å². The number of nitrogens with one attached hydrogen (secondary N) is 1. The number of para-hydroxylation sites is 1. The number of likely N-dealkylation sites (N-methyl/N-ethyl adjacent to an activating group) is 1. The number of esters is 1. The van der Waals surface area contributed by atoms with E-state index in [-0.39, 0.29) is 24.8 Å². The van der Waals surface area contributed by atoms with Gasteiger partial charge in [0.15, 0.2) is 11.5 Å². The molecule has 1 atom stereocenters. The van der Waals surface area contributed by atoms with Crippen LogP contribution < -0.4 is 19.5 Å². The molecule has 0 spiro atoms. The predicted octanol–water partition coefficient (Wildman–Crippen LogP) is 3.91. The highest BCUT2D eigenvalue weighted by Gasteiger charge is 2.38. The lowest BCUT2D eigenvalue weighted by Gasteiger charge is -2.35. The molecule has 8 heteroatoms. The van der Waals surface area contributed by atoms with Crippen LogP contribution in [0, 0.1) is 13.8 Å².